The molecule has 1 heterocycles. The monoisotopic (exact) mass is 345 g/mol. The molecule has 1 saturated heterocycles. The molecule has 2 aromatic carbocycles. The molecule has 2 aromatic rings. The third kappa shape index (κ3) is 4.26. The van der Waals surface area contributed by atoms with E-state index in [1.165, 1.54) is 16.3 Å². The maximum atomic E-state index is 11.5. The Hall–Kier alpha value is -2.08. The second-order valence-electron chi connectivity index (χ2n) is 6.17. The van der Waals surface area contributed by atoms with Crippen molar-refractivity contribution in [1.29, 1.82) is 0 Å². The molecule has 1 aliphatic rings. The van der Waals surface area contributed by atoms with E-state index in [1.807, 2.05) is 12.1 Å². The van der Waals surface area contributed by atoms with E-state index in [0.29, 0.717) is 12.4 Å². The van der Waals surface area contributed by atoms with Crippen molar-refractivity contribution in [3.63, 3.8) is 0 Å². The molecule has 6 heteroatoms. The minimum atomic E-state index is -2.88. The average molecular weight is 345 g/mol. The van der Waals surface area contributed by atoms with Crippen LogP contribution in [0.2, 0.25) is 0 Å². The van der Waals surface area contributed by atoms with Crippen LogP contribution in [-0.2, 0) is 16.3 Å². The van der Waals surface area contributed by atoms with Crippen LogP contribution in [0.15, 0.2) is 47.5 Å². The molecule has 24 heavy (non-hydrogen) atoms. The lowest BCUT2D eigenvalue weighted by molar-refractivity contribution is 0.599. The van der Waals surface area contributed by atoms with Gasteiger partial charge in [-0.15, -0.1) is 0 Å². The molecule has 3 rings (SSSR count). The van der Waals surface area contributed by atoms with Crippen molar-refractivity contribution < 1.29 is 8.42 Å². The van der Waals surface area contributed by atoms with Crippen LogP contribution in [0, 0.1) is 0 Å². The zero-order valence-electron chi connectivity index (χ0n) is 13.8. The standard InChI is InChI=1S/C18H23N3O2S/c1-19-18(21-17-9-11-24(22,23)13-17)20-10-8-14-6-7-15-4-2-3-5-16(15)12-14/h2-7,12,17H,8-11,13H2,1H3,(H2,19,20,21). The number of sulfone groups is 1. The number of hydrogen-bond acceptors (Lipinski definition) is 3. The summed E-state index contributed by atoms with van der Waals surface area (Å²) < 4.78 is 23.0. The molecule has 5 nitrogen and oxygen atoms in total. The summed E-state index contributed by atoms with van der Waals surface area (Å²) >= 11 is 0. The number of fused-ring (bicyclic) bond motifs is 1. The minimum absolute atomic E-state index is 0.0399. The van der Waals surface area contributed by atoms with Gasteiger partial charge in [-0.2, -0.15) is 0 Å². The van der Waals surface area contributed by atoms with Crippen molar-refractivity contribution in [3.8, 4) is 0 Å². The van der Waals surface area contributed by atoms with Gasteiger partial charge in [-0.1, -0.05) is 42.5 Å². The van der Waals surface area contributed by atoms with Gasteiger partial charge in [0.1, 0.15) is 0 Å². The van der Waals surface area contributed by atoms with Crippen molar-refractivity contribution in [1.82, 2.24) is 10.6 Å². The minimum Gasteiger partial charge on any atom is -0.356 e. The molecule has 0 spiro atoms. The molecule has 0 radical (unpaired) electrons. The number of hydrogen-bond donors (Lipinski definition) is 2. The molecule has 0 bridgehead atoms. The van der Waals surface area contributed by atoms with Crippen molar-refractivity contribution in [3.05, 3.63) is 48.0 Å². The van der Waals surface area contributed by atoms with Crippen molar-refractivity contribution in [2.24, 2.45) is 4.99 Å². The van der Waals surface area contributed by atoms with Gasteiger partial charge in [0.05, 0.1) is 11.5 Å². The summed E-state index contributed by atoms with van der Waals surface area (Å²) in [5.74, 6) is 1.12. The van der Waals surface area contributed by atoms with E-state index in [0.717, 1.165) is 13.0 Å². The molecule has 0 aliphatic carbocycles. The first kappa shape index (κ1) is 16.8. The van der Waals surface area contributed by atoms with E-state index in [1.54, 1.807) is 7.05 Å². The lowest BCUT2D eigenvalue weighted by atomic mass is 10.1. The molecule has 1 unspecified atom stereocenters. The van der Waals surface area contributed by atoms with Crippen LogP contribution < -0.4 is 10.6 Å². The van der Waals surface area contributed by atoms with Gasteiger partial charge < -0.3 is 10.6 Å². The summed E-state index contributed by atoms with van der Waals surface area (Å²) in [6, 6.07) is 14.8. The quantitative estimate of drug-likeness (QED) is 0.654. The van der Waals surface area contributed by atoms with E-state index in [4.69, 9.17) is 0 Å². The van der Waals surface area contributed by atoms with Crippen molar-refractivity contribution >= 4 is 26.6 Å². The topological polar surface area (TPSA) is 70.6 Å². The SMILES string of the molecule is CN=C(NCCc1ccc2ccccc2c1)NC1CCS(=O)(=O)C1. The summed E-state index contributed by atoms with van der Waals surface area (Å²) in [6.45, 7) is 0.748. The number of benzene rings is 2. The summed E-state index contributed by atoms with van der Waals surface area (Å²) in [5.41, 5.74) is 1.26. The highest BCUT2D eigenvalue weighted by Crippen LogP contribution is 2.15. The number of aliphatic imine (C=N–C) groups is 1. The molecule has 0 saturated carbocycles. The summed E-state index contributed by atoms with van der Waals surface area (Å²) in [4.78, 5) is 4.18. The van der Waals surface area contributed by atoms with E-state index in [9.17, 15) is 8.42 Å². The third-order valence-corrected chi connectivity index (χ3v) is 6.08. The molecule has 1 aliphatic heterocycles. The van der Waals surface area contributed by atoms with Gasteiger partial charge in [-0.25, -0.2) is 8.42 Å². The van der Waals surface area contributed by atoms with Crippen LogP contribution >= 0.6 is 0 Å². The molecule has 1 fully saturated rings. The van der Waals surface area contributed by atoms with E-state index >= 15 is 0 Å². The predicted molar refractivity (Wildman–Crippen MR) is 99.2 cm³/mol. The first-order valence-corrected chi connectivity index (χ1v) is 10.0. The van der Waals surface area contributed by atoms with Crippen molar-refractivity contribution in [2.75, 3.05) is 25.1 Å². The van der Waals surface area contributed by atoms with Crippen LogP contribution in [0.5, 0.6) is 0 Å². The van der Waals surface area contributed by atoms with Gasteiger partial charge in [0, 0.05) is 19.6 Å². The van der Waals surface area contributed by atoms with Gasteiger partial charge in [-0.05, 0) is 29.2 Å². The molecule has 2 N–H and O–H groups in total. The predicted octanol–water partition coefficient (Wildman–Crippen LogP) is 1.73. The molecule has 0 aromatic heterocycles. The van der Waals surface area contributed by atoms with Crippen molar-refractivity contribution in [2.45, 2.75) is 18.9 Å². The van der Waals surface area contributed by atoms with Gasteiger partial charge >= 0.3 is 0 Å². The molecule has 1 atom stereocenters. The Balaban J connectivity index is 1.52. The van der Waals surface area contributed by atoms with Crippen LogP contribution in [0.25, 0.3) is 10.8 Å². The maximum Gasteiger partial charge on any atom is 0.191 e. The summed E-state index contributed by atoms with van der Waals surface area (Å²) in [5, 5.41) is 8.95. The number of nitrogens with zero attached hydrogens (tertiary/aromatic N) is 1. The first-order chi connectivity index (χ1) is 11.6. The van der Waals surface area contributed by atoms with E-state index in [2.05, 4.69) is 46.0 Å². The summed E-state index contributed by atoms with van der Waals surface area (Å²) in [6.07, 6.45) is 1.53. The van der Waals surface area contributed by atoms with E-state index in [-0.39, 0.29) is 17.5 Å². The Bertz CT molecular complexity index is 846. The second-order valence-corrected chi connectivity index (χ2v) is 8.40. The van der Waals surface area contributed by atoms with Gasteiger partial charge in [-0.3, -0.25) is 4.99 Å². The largest absolute Gasteiger partial charge is 0.356 e. The molecule has 128 valence electrons. The average Bonchev–Trinajstić information content (AvgIpc) is 2.92. The number of guanidine groups is 1. The Kier molecular flexibility index (Phi) is 5.04. The Morgan fingerprint density at radius 2 is 2.00 bits per heavy atom. The van der Waals surface area contributed by atoms with Crippen LogP contribution in [0.4, 0.5) is 0 Å². The fourth-order valence-corrected chi connectivity index (χ4v) is 4.69. The fraction of sp³-hybridized carbons (Fsp3) is 0.389. The molecule has 0 amide bonds. The van der Waals surface area contributed by atoms with Gasteiger partial charge in [0.25, 0.3) is 0 Å². The van der Waals surface area contributed by atoms with Gasteiger partial charge in [0.2, 0.25) is 0 Å². The zero-order chi connectivity index (χ0) is 17.0. The maximum absolute atomic E-state index is 11.5. The van der Waals surface area contributed by atoms with Crippen LogP contribution in [-0.4, -0.2) is 45.5 Å². The fourth-order valence-electron chi connectivity index (χ4n) is 3.02. The highest BCUT2D eigenvalue weighted by Gasteiger charge is 2.28. The van der Waals surface area contributed by atoms with E-state index < -0.39 is 9.84 Å². The zero-order valence-corrected chi connectivity index (χ0v) is 14.6. The van der Waals surface area contributed by atoms with Gasteiger partial charge in [0.15, 0.2) is 15.8 Å². The molecular weight excluding hydrogens is 322 g/mol. The van der Waals surface area contributed by atoms with Crippen LogP contribution in [0.1, 0.15) is 12.0 Å². The normalized spacial score (nSPS) is 20.2. The smallest absolute Gasteiger partial charge is 0.191 e. The Morgan fingerprint density at radius 1 is 1.21 bits per heavy atom. The second kappa shape index (κ2) is 7.21. The molecular formula is C18H23N3O2S. The highest BCUT2D eigenvalue weighted by molar-refractivity contribution is 7.91. The highest BCUT2D eigenvalue weighted by atomic mass is 32.2. The number of rotatable bonds is 4. The Morgan fingerprint density at radius 3 is 2.71 bits per heavy atom. The van der Waals surface area contributed by atoms with Crippen LogP contribution in [0.3, 0.4) is 0 Å². The first-order valence-electron chi connectivity index (χ1n) is 8.21. The Labute approximate surface area is 143 Å². The third-order valence-electron chi connectivity index (χ3n) is 4.32. The number of nitrogens with one attached hydrogen (secondary N) is 2. The lowest BCUT2D eigenvalue weighted by Crippen LogP contribution is -2.44. The summed E-state index contributed by atoms with van der Waals surface area (Å²) in [7, 11) is -1.18. The lowest BCUT2D eigenvalue weighted by Gasteiger charge is -2.16.